The average Bonchev–Trinajstić information content (AvgIpc) is 3.30. The molecule has 3 aromatic carbocycles. The molecule has 3 N–H and O–H groups in total. The molecule has 0 radical (unpaired) electrons. The monoisotopic (exact) mass is 519 g/mol. The van der Waals surface area contributed by atoms with Crippen molar-refractivity contribution in [3.63, 3.8) is 0 Å². The van der Waals surface area contributed by atoms with Crippen molar-refractivity contribution < 1.29 is 14.0 Å². The van der Waals surface area contributed by atoms with E-state index in [1.54, 1.807) is 35.0 Å². The van der Waals surface area contributed by atoms with E-state index in [-0.39, 0.29) is 23.7 Å². The van der Waals surface area contributed by atoms with Gasteiger partial charge in [-0.15, -0.1) is 0 Å². The lowest BCUT2D eigenvalue weighted by molar-refractivity contribution is 0.102. The first-order valence-corrected chi connectivity index (χ1v) is 12.0. The van der Waals surface area contributed by atoms with E-state index in [4.69, 9.17) is 16.7 Å². The second-order valence-electron chi connectivity index (χ2n) is 9.51. The summed E-state index contributed by atoms with van der Waals surface area (Å²) in [5, 5.41) is 13.7. The van der Waals surface area contributed by atoms with Crippen LogP contribution >= 0.6 is 11.6 Å². The van der Waals surface area contributed by atoms with Crippen LogP contribution in [0.3, 0.4) is 0 Å². The van der Waals surface area contributed by atoms with E-state index < -0.39 is 6.03 Å². The van der Waals surface area contributed by atoms with Crippen LogP contribution in [-0.2, 0) is 12.0 Å². The van der Waals surface area contributed by atoms with Crippen LogP contribution in [0.2, 0.25) is 5.02 Å². The highest BCUT2D eigenvalue weighted by Gasteiger charge is 2.21. The lowest BCUT2D eigenvalue weighted by Gasteiger charge is -2.14. The third kappa shape index (κ3) is 6.74. The van der Waals surface area contributed by atoms with Crippen LogP contribution < -0.4 is 16.0 Å². The maximum absolute atomic E-state index is 13.0. The minimum absolute atomic E-state index is 0.175. The second kappa shape index (κ2) is 10.8. The number of hydrogen-bond acceptors (Lipinski definition) is 3. The van der Waals surface area contributed by atoms with E-state index in [0.29, 0.717) is 22.0 Å². The van der Waals surface area contributed by atoms with Crippen LogP contribution in [-0.4, -0.2) is 21.7 Å². The number of amides is 3. The molecular formula is C28H27ClFN5O2. The summed E-state index contributed by atoms with van der Waals surface area (Å²) >= 11 is 6.18. The fourth-order valence-electron chi connectivity index (χ4n) is 3.53. The molecule has 7 nitrogen and oxygen atoms in total. The van der Waals surface area contributed by atoms with Crippen molar-refractivity contribution in [1.29, 1.82) is 0 Å². The molecule has 1 aromatic heterocycles. The van der Waals surface area contributed by atoms with Gasteiger partial charge in [-0.05, 0) is 72.8 Å². The van der Waals surface area contributed by atoms with Crippen molar-refractivity contribution in [2.24, 2.45) is 0 Å². The predicted molar refractivity (Wildman–Crippen MR) is 144 cm³/mol. The van der Waals surface area contributed by atoms with E-state index in [2.05, 4.69) is 36.7 Å². The average molecular weight is 520 g/mol. The number of anilines is 2. The molecule has 0 spiro atoms. The summed E-state index contributed by atoms with van der Waals surface area (Å²) in [5.74, 6) is -0.721. The topological polar surface area (TPSA) is 88.0 Å². The molecule has 4 rings (SSSR count). The maximum atomic E-state index is 13.0. The van der Waals surface area contributed by atoms with Gasteiger partial charge in [0.15, 0.2) is 0 Å². The van der Waals surface area contributed by atoms with Gasteiger partial charge in [0.05, 0.1) is 23.6 Å². The van der Waals surface area contributed by atoms with Crippen LogP contribution in [0.5, 0.6) is 0 Å². The van der Waals surface area contributed by atoms with Crippen LogP contribution in [0.4, 0.5) is 20.6 Å². The maximum Gasteiger partial charge on any atom is 0.319 e. The van der Waals surface area contributed by atoms with Gasteiger partial charge in [0.1, 0.15) is 5.82 Å². The molecule has 0 fully saturated rings. The van der Waals surface area contributed by atoms with Crippen LogP contribution in [0, 0.1) is 5.82 Å². The molecule has 0 saturated heterocycles. The molecule has 3 amide bonds. The molecule has 9 heteroatoms. The highest BCUT2D eigenvalue weighted by Crippen LogP contribution is 2.25. The van der Waals surface area contributed by atoms with E-state index in [1.165, 1.54) is 24.3 Å². The third-order valence-corrected chi connectivity index (χ3v) is 5.78. The zero-order valence-corrected chi connectivity index (χ0v) is 21.4. The van der Waals surface area contributed by atoms with Gasteiger partial charge >= 0.3 is 6.03 Å². The van der Waals surface area contributed by atoms with Crippen molar-refractivity contribution in [2.75, 3.05) is 10.6 Å². The lowest BCUT2D eigenvalue weighted by atomic mass is 9.92. The Labute approximate surface area is 219 Å². The Balaban J connectivity index is 1.39. The van der Waals surface area contributed by atoms with Crippen molar-refractivity contribution in [1.82, 2.24) is 15.1 Å². The van der Waals surface area contributed by atoms with Gasteiger partial charge in [-0.25, -0.2) is 13.9 Å². The number of carbonyl (C=O) groups excluding carboxylic acids is 2. The number of urea groups is 1. The highest BCUT2D eigenvalue weighted by molar-refractivity contribution is 6.30. The van der Waals surface area contributed by atoms with Gasteiger partial charge < -0.3 is 16.0 Å². The summed E-state index contributed by atoms with van der Waals surface area (Å²) in [6, 6.07) is 20.9. The van der Waals surface area contributed by atoms with Crippen LogP contribution in [0.1, 0.15) is 42.5 Å². The Bertz CT molecular complexity index is 1410. The first kappa shape index (κ1) is 25.9. The zero-order valence-electron chi connectivity index (χ0n) is 20.7. The Morgan fingerprint density at radius 2 is 1.57 bits per heavy atom. The Morgan fingerprint density at radius 3 is 2.22 bits per heavy atom. The fraction of sp³-hybridized carbons (Fsp3) is 0.179. The lowest BCUT2D eigenvalue weighted by Crippen LogP contribution is -2.29. The minimum Gasteiger partial charge on any atom is -0.332 e. The van der Waals surface area contributed by atoms with Crippen LogP contribution in [0.15, 0.2) is 78.9 Å². The molecule has 0 atom stereocenters. The smallest absolute Gasteiger partial charge is 0.319 e. The largest absolute Gasteiger partial charge is 0.332 e. The molecule has 1 heterocycles. The van der Waals surface area contributed by atoms with Gasteiger partial charge in [-0.1, -0.05) is 38.4 Å². The number of carbonyl (C=O) groups is 2. The Kier molecular flexibility index (Phi) is 7.59. The molecule has 37 heavy (non-hydrogen) atoms. The van der Waals surface area contributed by atoms with Gasteiger partial charge in [-0.3, -0.25) is 4.79 Å². The van der Waals surface area contributed by atoms with Gasteiger partial charge in [-0.2, -0.15) is 5.10 Å². The van der Waals surface area contributed by atoms with Crippen molar-refractivity contribution >= 4 is 34.9 Å². The number of nitrogens with zero attached hydrogens (tertiary/aromatic N) is 2. The normalized spacial score (nSPS) is 11.2. The summed E-state index contributed by atoms with van der Waals surface area (Å²) < 4.78 is 14.8. The van der Waals surface area contributed by atoms with Gasteiger partial charge in [0.2, 0.25) is 0 Å². The summed E-state index contributed by atoms with van der Waals surface area (Å²) in [4.78, 5) is 25.0. The summed E-state index contributed by atoms with van der Waals surface area (Å²) in [6.45, 7) is 6.46. The third-order valence-electron chi connectivity index (χ3n) is 5.54. The first-order chi connectivity index (χ1) is 17.6. The Morgan fingerprint density at radius 1 is 0.919 bits per heavy atom. The summed E-state index contributed by atoms with van der Waals surface area (Å²) in [7, 11) is 0. The molecule has 4 aromatic rings. The number of aromatic nitrogens is 2. The molecule has 0 aliphatic rings. The quantitative estimate of drug-likeness (QED) is 0.270. The van der Waals surface area contributed by atoms with Crippen molar-refractivity contribution in [3.05, 3.63) is 107 Å². The molecule has 190 valence electrons. The number of benzene rings is 3. The minimum atomic E-state index is -0.403. The molecule has 0 aliphatic carbocycles. The van der Waals surface area contributed by atoms with E-state index >= 15 is 0 Å². The Hall–Kier alpha value is -4.17. The standard InChI is InChI=1S/C28H27ClFN5O2/c1-28(2,3)25-16-24(35(34-25)23-6-4-5-19(29)15-23)17-31-27(37)33-22-11-7-18(8-12-22)26(36)32-21-13-9-20(30)10-14-21/h4-16H,17H2,1-3H3,(H,32,36)(H2,31,33,37). The predicted octanol–water partition coefficient (Wildman–Crippen LogP) is 6.54. The number of nitrogens with one attached hydrogen (secondary N) is 3. The summed E-state index contributed by atoms with van der Waals surface area (Å²) in [5.41, 5.74) is 3.72. The van der Waals surface area contributed by atoms with E-state index in [1.807, 2.05) is 24.3 Å². The van der Waals surface area contributed by atoms with Crippen molar-refractivity contribution in [3.8, 4) is 5.69 Å². The van der Waals surface area contributed by atoms with Gasteiger partial charge in [0, 0.05) is 27.4 Å². The number of hydrogen-bond donors (Lipinski definition) is 3. The second-order valence-corrected chi connectivity index (χ2v) is 9.95. The fourth-order valence-corrected chi connectivity index (χ4v) is 3.72. The zero-order chi connectivity index (χ0) is 26.6. The number of rotatable bonds is 6. The SMILES string of the molecule is CC(C)(C)c1cc(CNC(=O)Nc2ccc(C(=O)Nc3ccc(F)cc3)cc2)n(-c2cccc(Cl)c2)n1. The molecule has 0 saturated carbocycles. The van der Waals surface area contributed by atoms with E-state index in [0.717, 1.165) is 17.1 Å². The first-order valence-electron chi connectivity index (χ1n) is 11.7. The van der Waals surface area contributed by atoms with E-state index in [9.17, 15) is 14.0 Å². The molecule has 0 unspecified atom stereocenters. The molecule has 0 aliphatic heterocycles. The van der Waals surface area contributed by atoms with Gasteiger partial charge in [0.25, 0.3) is 5.91 Å². The summed E-state index contributed by atoms with van der Waals surface area (Å²) in [6.07, 6.45) is 0. The van der Waals surface area contributed by atoms with Crippen molar-refractivity contribution in [2.45, 2.75) is 32.7 Å². The number of halogens is 2. The molecule has 0 bridgehead atoms. The van der Waals surface area contributed by atoms with Crippen LogP contribution in [0.25, 0.3) is 5.69 Å². The molecular weight excluding hydrogens is 493 g/mol. The highest BCUT2D eigenvalue weighted by atomic mass is 35.5.